The SMILES string of the molecule is CC(C)(C)OC(=O)N1CC2(CCCCC2)N1. The zero-order chi connectivity index (χ0) is 11.8. The first-order valence-corrected chi connectivity index (χ1v) is 6.19. The number of hydrogen-bond donors (Lipinski definition) is 1. The second kappa shape index (κ2) is 3.91. The second-order valence-corrected chi connectivity index (χ2v) is 6.02. The summed E-state index contributed by atoms with van der Waals surface area (Å²) in [4.78, 5) is 11.7. The number of nitrogens with one attached hydrogen (secondary N) is 1. The summed E-state index contributed by atoms with van der Waals surface area (Å²) in [5.74, 6) is 0. The number of hydrogen-bond acceptors (Lipinski definition) is 3. The van der Waals surface area contributed by atoms with Gasteiger partial charge in [-0.25, -0.2) is 15.2 Å². The first kappa shape index (κ1) is 11.7. The van der Waals surface area contributed by atoms with Crippen molar-refractivity contribution in [3.63, 3.8) is 0 Å². The standard InChI is InChI=1S/C12H22N2O2/c1-11(2,3)16-10(15)14-9-12(13-14)7-5-4-6-8-12/h13H,4-9H2,1-3H3. The maximum Gasteiger partial charge on any atom is 0.424 e. The molecule has 0 aromatic heterocycles. The Bertz CT molecular complexity index is 269. The van der Waals surface area contributed by atoms with Gasteiger partial charge in [-0.3, -0.25) is 0 Å². The van der Waals surface area contributed by atoms with Gasteiger partial charge < -0.3 is 4.74 Å². The van der Waals surface area contributed by atoms with E-state index in [1.54, 1.807) is 5.01 Å². The summed E-state index contributed by atoms with van der Waals surface area (Å²) in [6.45, 7) is 6.48. The number of rotatable bonds is 0. The molecule has 0 radical (unpaired) electrons. The third-order valence-corrected chi connectivity index (χ3v) is 3.26. The number of hydrazine groups is 1. The maximum atomic E-state index is 11.7. The van der Waals surface area contributed by atoms with Gasteiger partial charge in [0.05, 0.1) is 12.1 Å². The minimum Gasteiger partial charge on any atom is -0.443 e. The van der Waals surface area contributed by atoms with Crippen molar-refractivity contribution in [2.24, 2.45) is 0 Å². The number of amides is 1. The van der Waals surface area contributed by atoms with E-state index in [1.807, 2.05) is 20.8 Å². The molecule has 2 rings (SSSR count). The lowest BCUT2D eigenvalue weighted by molar-refractivity contribution is -0.0668. The van der Waals surface area contributed by atoms with E-state index >= 15 is 0 Å². The fraction of sp³-hybridized carbons (Fsp3) is 0.917. The van der Waals surface area contributed by atoms with Gasteiger partial charge in [-0.1, -0.05) is 19.3 Å². The number of nitrogens with zero attached hydrogens (tertiary/aromatic N) is 1. The molecule has 0 aromatic carbocycles. The minimum atomic E-state index is -0.409. The zero-order valence-electron chi connectivity index (χ0n) is 10.5. The number of carbonyl (C=O) groups is 1. The third-order valence-electron chi connectivity index (χ3n) is 3.26. The van der Waals surface area contributed by atoms with Crippen LogP contribution >= 0.6 is 0 Å². The van der Waals surface area contributed by atoms with Crippen LogP contribution in [0.2, 0.25) is 0 Å². The van der Waals surface area contributed by atoms with Crippen molar-refractivity contribution < 1.29 is 9.53 Å². The lowest BCUT2D eigenvalue weighted by Gasteiger charge is -2.52. The van der Waals surface area contributed by atoms with Crippen LogP contribution in [0.3, 0.4) is 0 Å². The van der Waals surface area contributed by atoms with E-state index in [9.17, 15) is 4.79 Å². The van der Waals surface area contributed by atoms with Crippen molar-refractivity contribution in [2.45, 2.75) is 64.0 Å². The second-order valence-electron chi connectivity index (χ2n) is 6.02. The Morgan fingerprint density at radius 3 is 2.31 bits per heavy atom. The first-order valence-electron chi connectivity index (χ1n) is 6.19. The monoisotopic (exact) mass is 226 g/mol. The largest absolute Gasteiger partial charge is 0.443 e. The van der Waals surface area contributed by atoms with Gasteiger partial charge in [-0.05, 0) is 33.6 Å². The van der Waals surface area contributed by atoms with Gasteiger partial charge in [-0.15, -0.1) is 0 Å². The van der Waals surface area contributed by atoms with E-state index in [2.05, 4.69) is 5.43 Å². The lowest BCUT2D eigenvalue weighted by Crippen LogP contribution is -2.73. The van der Waals surface area contributed by atoms with Crippen LogP contribution in [0.25, 0.3) is 0 Å². The molecule has 1 saturated carbocycles. The predicted molar refractivity (Wildman–Crippen MR) is 61.9 cm³/mol. The Hall–Kier alpha value is -0.770. The van der Waals surface area contributed by atoms with Crippen LogP contribution in [0.5, 0.6) is 0 Å². The van der Waals surface area contributed by atoms with Crippen LogP contribution in [0.15, 0.2) is 0 Å². The van der Waals surface area contributed by atoms with E-state index < -0.39 is 5.60 Å². The Labute approximate surface area is 97.3 Å². The number of carbonyl (C=O) groups excluding carboxylic acids is 1. The van der Waals surface area contributed by atoms with Gasteiger partial charge in [0.1, 0.15) is 5.60 Å². The highest BCUT2D eigenvalue weighted by Crippen LogP contribution is 2.34. The molecule has 0 aromatic rings. The van der Waals surface area contributed by atoms with Crippen molar-refractivity contribution >= 4 is 6.09 Å². The van der Waals surface area contributed by atoms with Crippen LogP contribution in [-0.2, 0) is 4.74 Å². The highest BCUT2D eigenvalue weighted by Gasteiger charge is 2.46. The van der Waals surface area contributed by atoms with Crippen LogP contribution in [0, 0.1) is 0 Å². The summed E-state index contributed by atoms with van der Waals surface area (Å²) in [5.41, 5.74) is 3.07. The molecule has 1 amide bonds. The molecule has 16 heavy (non-hydrogen) atoms. The van der Waals surface area contributed by atoms with E-state index in [-0.39, 0.29) is 11.6 Å². The average molecular weight is 226 g/mol. The molecule has 0 atom stereocenters. The van der Waals surface area contributed by atoms with Gasteiger partial charge in [0.2, 0.25) is 0 Å². The molecule has 2 aliphatic rings. The molecule has 1 aliphatic heterocycles. The zero-order valence-corrected chi connectivity index (χ0v) is 10.5. The molecule has 0 bridgehead atoms. The van der Waals surface area contributed by atoms with E-state index in [0.717, 1.165) is 6.54 Å². The Morgan fingerprint density at radius 2 is 1.81 bits per heavy atom. The van der Waals surface area contributed by atoms with Crippen molar-refractivity contribution in [1.82, 2.24) is 10.4 Å². The molecule has 1 heterocycles. The predicted octanol–water partition coefficient (Wildman–Crippen LogP) is 2.44. The van der Waals surface area contributed by atoms with Gasteiger partial charge in [0, 0.05) is 0 Å². The van der Waals surface area contributed by atoms with Gasteiger partial charge in [-0.2, -0.15) is 0 Å². The van der Waals surface area contributed by atoms with Gasteiger partial charge >= 0.3 is 6.09 Å². The molecule has 1 N–H and O–H groups in total. The summed E-state index contributed by atoms with van der Waals surface area (Å²) in [6.07, 6.45) is 6.00. The summed E-state index contributed by atoms with van der Waals surface area (Å²) in [5, 5.41) is 1.61. The molecule has 4 heteroatoms. The Balaban J connectivity index is 1.81. The highest BCUT2D eigenvalue weighted by molar-refractivity contribution is 5.68. The molecule has 1 saturated heterocycles. The van der Waals surface area contributed by atoms with Gasteiger partial charge in [0.15, 0.2) is 0 Å². The normalized spacial score (nSPS) is 24.1. The quantitative estimate of drug-likeness (QED) is 0.690. The maximum absolute atomic E-state index is 11.7. The fourth-order valence-electron chi connectivity index (χ4n) is 2.50. The fourth-order valence-corrected chi connectivity index (χ4v) is 2.50. The summed E-state index contributed by atoms with van der Waals surface area (Å²) >= 11 is 0. The summed E-state index contributed by atoms with van der Waals surface area (Å²) in [7, 11) is 0. The lowest BCUT2D eigenvalue weighted by atomic mass is 9.79. The Kier molecular flexibility index (Phi) is 2.86. The van der Waals surface area contributed by atoms with Crippen LogP contribution in [-0.4, -0.2) is 28.8 Å². The third kappa shape index (κ3) is 2.48. The molecule has 1 aliphatic carbocycles. The van der Waals surface area contributed by atoms with Crippen molar-refractivity contribution in [3.8, 4) is 0 Å². The van der Waals surface area contributed by atoms with Crippen LogP contribution in [0.1, 0.15) is 52.9 Å². The van der Waals surface area contributed by atoms with Crippen molar-refractivity contribution in [2.75, 3.05) is 6.54 Å². The molecule has 92 valence electrons. The molecular weight excluding hydrogens is 204 g/mol. The molecular formula is C12H22N2O2. The first-order chi connectivity index (χ1) is 7.40. The van der Waals surface area contributed by atoms with Crippen LogP contribution < -0.4 is 5.43 Å². The van der Waals surface area contributed by atoms with Crippen molar-refractivity contribution in [1.29, 1.82) is 0 Å². The van der Waals surface area contributed by atoms with Crippen LogP contribution in [0.4, 0.5) is 4.79 Å². The summed E-state index contributed by atoms with van der Waals surface area (Å²) < 4.78 is 5.30. The average Bonchev–Trinajstić information content (AvgIpc) is 2.12. The van der Waals surface area contributed by atoms with Gasteiger partial charge in [0.25, 0.3) is 0 Å². The molecule has 4 nitrogen and oxygen atoms in total. The topological polar surface area (TPSA) is 41.6 Å². The summed E-state index contributed by atoms with van der Waals surface area (Å²) in [6, 6.07) is 0. The Morgan fingerprint density at radius 1 is 1.25 bits per heavy atom. The van der Waals surface area contributed by atoms with Crippen molar-refractivity contribution in [3.05, 3.63) is 0 Å². The molecule has 0 unspecified atom stereocenters. The minimum absolute atomic E-state index is 0.204. The van der Waals surface area contributed by atoms with E-state index in [4.69, 9.17) is 4.74 Å². The molecule has 1 spiro atoms. The molecule has 2 fully saturated rings. The highest BCUT2D eigenvalue weighted by atomic mass is 16.6. The van der Waals surface area contributed by atoms with E-state index in [1.165, 1.54) is 32.1 Å². The smallest absolute Gasteiger partial charge is 0.424 e. The number of ether oxygens (including phenoxy) is 1. The van der Waals surface area contributed by atoms with E-state index in [0.29, 0.717) is 0 Å².